The van der Waals surface area contributed by atoms with E-state index in [1.54, 1.807) is 4.90 Å². The van der Waals surface area contributed by atoms with Crippen LogP contribution < -0.4 is 10.0 Å². The third kappa shape index (κ3) is 4.15. The maximum Gasteiger partial charge on any atom is 0.279 e. The highest BCUT2D eigenvalue weighted by molar-refractivity contribution is 7.87. The van der Waals surface area contributed by atoms with Gasteiger partial charge in [-0.15, -0.1) is 0 Å². The number of rotatable bonds is 4. The molecule has 1 atom stereocenters. The van der Waals surface area contributed by atoms with Gasteiger partial charge in [0.1, 0.15) is 0 Å². The lowest BCUT2D eigenvalue weighted by Crippen LogP contribution is -2.52. The Labute approximate surface area is 120 Å². The molecule has 0 bridgehead atoms. The maximum atomic E-state index is 12.2. The Kier molecular flexibility index (Phi) is 5.36. The molecule has 0 saturated carbocycles. The van der Waals surface area contributed by atoms with Crippen LogP contribution in [0.1, 0.15) is 19.8 Å². The second kappa shape index (κ2) is 6.84. The molecule has 1 amide bonds. The van der Waals surface area contributed by atoms with Gasteiger partial charge in [-0.2, -0.15) is 17.4 Å². The van der Waals surface area contributed by atoms with Crippen molar-refractivity contribution in [3.05, 3.63) is 0 Å². The summed E-state index contributed by atoms with van der Waals surface area (Å²) in [6.45, 7) is 5.80. The molecule has 7 nitrogen and oxygen atoms in total. The molecule has 0 aromatic rings. The minimum absolute atomic E-state index is 0.146. The first-order valence-electron chi connectivity index (χ1n) is 7.22. The van der Waals surface area contributed by atoms with Crippen LogP contribution in [0.2, 0.25) is 0 Å². The van der Waals surface area contributed by atoms with Crippen LogP contribution in [-0.4, -0.2) is 69.3 Å². The second-order valence-corrected chi connectivity index (χ2v) is 7.32. The molecule has 2 fully saturated rings. The lowest BCUT2D eigenvalue weighted by atomic mass is 10.0. The lowest BCUT2D eigenvalue weighted by molar-refractivity contribution is -0.130. The number of nitrogens with one attached hydrogen (secondary N) is 2. The van der Waals surface area contributed by atoms with Gasteiger partial charge >= 0.3 is 0 Å². The fraction of sp³-hybridized carbons (Fsp3) is 0.917. The number of piperidine rings is 1. The molecule has 116 valence electrons. The van der Waals surface area contributed by atoms with Gasteiger partial charge in [0, 0.05) is 39.3 Å². The molecule has 0 aromatic heterocycles. The van der Waals surface area contributed by atoms with Gasteiger partial charge < -0.3 is 10.2 Å². The van der Waals surface area contributed by atoms with Gasteiger partial charge in [-0.1, -0.05) is 6.92 Å². The molecule has 2 N–H and O–H groups in total. The number of amides is 1. The number of piperazine rings is 1. The van der Waals surface area contributed by atoms with E-state index in [1.807, 2.05) is 6.92 Å². The molecule has 2 heterocycles. The predicted molar refractivity (Wildman–Crippen MR) is 76.3 cm³/mol. The van der Waals surface area contributed by atoms with Crippen molar-refractivity contribution in [2.45, 2.75) is 19.8 Å². The van der Waals surface area contributed by atoms with E-state index >= 15 is 0 Å². The third-order valence-corrected chi connectivity index (χ3v) is 5.36. The molecule has 1 unspecified atom stereocenters. The third-order valence-electron chi connectivity index (χ3n) is 3.84. The average molecular weight is 304 g/mol. The maximum absolute atomic E-state index is 12.2. The molecule has 0 aromatic carbocycles. The normalized spacial score (nSPS) is 25.6. The van der Waals surface area contributed by atoms with E-state index in [-0.39, 0.29) is 12.5 Å². The standard InChI is InChI=1S/C12H24N4O3S/c1-11-3-2-6-16(10-11)20(18,19)14-9-12(17)15-7-4-13-5-8-15/h11,13-14H,2-10H2,1H3. The van der Waals surface area contributed by atoms with Crippen LogP contribution in [-0.2, 0) is 15.0 Å². The quantitative estimate of drug-likeness (QED) is 0.697. The van der Waals surface area contributed by atoms with Gasteiger partial charge in [0.2, 0.25) is 5.91 Å². The number of carbonyl (C=O) groups excluding carboxylic acids is 1. The molecule has 0 spiro atoms. The van der Waals surface area contributed by atoms with E-state index in [1.165, 1.54) is 4.31 Å². The summed E-state index contributed by atoms with van der Waals surface area (Å²) < 4.78 is 28.2. The summed E-state index contributed by atoms with van der Waals surface area (Å²) in [6, 6.07) is 0. The summed E-state index contributed by atoms with van der Waals surface area (Å²) in [5, 5.41) is 3.16. The lowest BCUT2D eigenvalue weighted by Gasteiger charge is -2.31. The van der Waals surface area contributed by atoms with Gasteiger partial charge in [0.25, 0.3) is 10.2 Å². The van der Waals surface area contributed by atoms with Crippen molar-refractivity contribution in [1.82, 2.24) is 19.2 Å². The monoisotopic (exact) mass is 304 g/mol. The fourth-order valence-electron chi connectivity index (χ4n) is 2.63. The van der Waals surface area contributed by atoms with Crippen molar-refractivity contribution in [2.24, 2.45) is 5.92 Å². The van der Waals surface area contributed by atoms with Crippen molar-refractivity contribution in [3.63, 3.8) is 0 Å². The summed E-state index contributed by atoms with van der Waals surface area (Å²) >= 11 is 0. The van der Waals surface area contributed by atoms with Crippen LogP contribution in [0.3, 0.4) is 0 Å². The number of hydrogen-bond donors (Lipinski definition) is 2. The average Bonchev–Trinajstić information content (AvgIpc) is 2.46. The van der Waals surface area contributed by atoms with Crippen LogP contribution >= 0.6 is 0 Å². The minimum Gasteiger partial charge on any atom is -0.339 e. The Balaban J connectivity index is 1.83. The number of nitrogens with zero attached hydrogens (tertiary/aromatic N) is 2. The van der Waals surface area contributed by atoms with Gasteiger partial charge in [-0.3, -0.25) is 4.79 Å². The van der Waals surface area contributed by atoms with Crippen molar-refractivity contribution >= 4 is 16.1 Å². The smallest absolute Gasteiger partial charge is 0.279 e. The van der Waals surface area contributed by atoms with Gasteiger partial charge in [0.05, 0.1) is 6.54 Å². The summed E-state index contributed by atoms with van der Waals surface area (Å²) in [5.41, 5.74) is 0. The van der Waals surface area contributed by atoms with Crippen LogP contribution in [0, 0.1) is 5.92 Å². The first-order chi connectivity index (χ1) is 9.49. The zero-order valence-corrected chi connectivity index (χ0v) is 12.8. The van der Waals surface area contributed by atoms with Crippen molar-refractivity contribution in [3.8, 4) is 0 Å². The molecule has 20 heavy (non-hydrogen) atoms. The Morgan fingerprint density at radius 1 is 1.30 bits per heavy atom. The van der Waals surface area contributed by atoms with Crippen LogP contribution in [0.15, 0.2) is 0 Å². The first-order valence-corrected chi connectivity index (χ1v) is 8.66. The van der Waals surface area contributed by atoms with Crippen LogP contribution in [0.5, 0.6) is 0 Å². The first kappa shape index (κ1) is 15.7. The summed E-state index contributed by atoms with van der Waals surface area (Å²) in [5.74, 6) is 0.226. The molecule has 2 saturated heterocycles. The Hall–Kier alpha value is -0.700. The topological polar surface area (TPSA) is 81.8 Å². The van der Waals surface area contributed by atoms with Crippen molar-refractivity contribution in [2.75, 3.05) is 45.8 Å². The van der Waals surface area contributed by atoms with Gasteiger partial charge in [0.15, 0.2) is 0 Å². The number of carbonyl (C=O) groups is 1. The highest BCUT2D eigenvalue weighted by Gasteiger charge is 2.28. The molecular formula is C12H24N4O3S. The Morgan fingerprint density at radius 2 is 2.00 bits per heavy atom. The van der Waals surface area contributed by atoms with Crippen LogP contribution in [0.4, 0.5) is 0 Å². The van der Waals surface area contributed by atoms with Crippen LogP contribution in [0.25, 0.3) is 0 Å². The second-order valence-electron chi connectivity index (χ2n) is 5.56. The highest BCUT2D eigenvalue weighted by atomic mass is 32.2. The van der Waals surface area contributed by atoms with Crippen molar-refractivity contribution in [1.29, 1.82) is 0 Å². The van der Waals surface area contributed by atoms with Crippen molar-refractivity contribution < 1.29 is 13.2 Å². The number of hydrogen-bond acceptors (Lipinski definition) is 4. The van der Waals surface area contributed by atoms with E-state index in [0.29, 0.717) is 32.1 Å². The van der Waals surface area contributed by atoms with Gasteiger partial charge in [-0.05, 0) is 18.8 Å². The van der Waals surface area contributed by atoms with E-state index in [9.17, 15) is 13.2 Å². The molecular weight excluding hydrogens is 280 g/mol. The molecule has 2 aliphatic rings. The molecule has 0 radical (unpaired) electrons. The Morgan fingerprint density at radius 3 is 2.65 bits per heavy atom. The summed E-state index contributed by atoms with van der Waals surface area (Å²) in [4.78, 5) is 13.6. The zero-order valence-electron chi connectivity index (χ0n) is 12.0. The van der Waals surface area contributed by atoms with E-state index in [4.69, 9.17) is 0 Å². The van der Waals surface area contributed by atoms with E-state index in [2.05, 4.69) is 10.0 Å². The van der Waals surface area contributed by atoms with E-state index < -0.39 is 10.2 Å². The Bertz CT molecular complexity index is 434. The predicted octanol–water partition coefficient (Wildman–Crippen LogP) is -1.02. The zero-order chi connectivity index (χ0) is 14.6. The molecule has 0 aliphatic carbocycles. The summed E-state index contributed by atoms with van der Waals surface area (Å²) in [7, 11) is -3.53. The molecule has 2 rings (SSSR count). The molecule has 2 aliphatic heterocycles. The molecule has 8 heteroatoms. The van der Waals surface area contributed by atoms with E-state index in [0.717, 1.165) is 25.9 Å². The largest absolute Gasteiger partial charge is 0.339 e. The fourth-order valence-corrected chi connectivity index (χ4v) is 3.94. The van der Waals surface area contributed by atoms with Gasteiger partial charge in [-0.25, -0.2) is 0 Å². The highest BCUT2D eigenvalue weighted by Crippen LogP contribution is 2.17. The minimum atomic E-state index is -3.53. The summed E-state index contributed by atoms with van der Waals surface area (Å²) in [6.07, 6.45) is 1.94. The SMILES string of the molecule is CC1CCCN(S(=O)(=O)NCC(=O)N2CCNCC2)C1.